The molecule has 0 saturated carbocycles. The number of imidazole rings is 2. The van der Waals surface area contributed by atoms with E-state index in [1.54, 1.807) is 46.1 Å². The Balaban J connectivity index is 1.56. The second kappa shape index (κ2) is 6.15. The fourth-order valence-electron chi connectivity index (χ4n) is 4.27. The molecule has 6 rings (SSSR count). The Hall–Kier alpha value is -4.19. The van der Waals surface area contributed by atoms with Gasteiger partial charge in [0.15, 0.2) is 11.3 Å². The summed E-state index contributed by atoms with van der Waals surface area (Å²) in [6, 6.07) is 7.08. The molecule has 146 valence electrons. The van der Waals surface area contributed by atoms with E-state index >= 15 is 0 Å². The predicted molar refractivity (Wildman–Crippen MR) is 109 cm³/mol. The molecule has 1 N–H and O–H groups in total. The summed E-state index contributed by atoms with van der Waals surface area (Å²) in [5.41, 5.74) is 3.91. The lowest BCUT2D eigenvalue weighted by molar-refractivity contribution is 0.424. The van der Waals surface area contributed by atoms with Crippen LogP contribution in [0, 0.1) is 6.57 Å². The summed E-state index contributed by atoms with van der Waals surface area (Å²) < 4.78 is 9.02. The minimum atomic E-state index is -0.221. The van der Waals surface area contributed by atoms with Crippen LogP contribution in [0.1, 0.15) is 30.2 Å². The van der Waals surface area contributed by atoms with Crippen LogP contribution in [0.4, 0.5) is 5.69 Å². The van der Waals surface area contributed by atoms with Gasteiger partial charge in [-0.1, -0.05) is 6.07 Å². The topological polar surface area (TPSA) is 98.9 Å². The van der Waals surface area contributed by atoms with Gasteiger partial charge in [-0.15, -0.1) is 0 Å². The number of aromatic nitrogens is 6. The molecule has 0 bridgehead atoms. The van der Waals surface area contributed by atoms with E-state index in [1.165, 1.54) is 0 Å². The molecule has 9 heteroatoms. The number of furan rings is 1. The molecule has 30 heavy (non-hydrogen) atoms. The van der Waals surface area contributed by atoms with Crippen LogP contribution >= 0.6 is 0 Å². The SMILES string of the molecule is [C-]#[N+]c1ccc2ncn(-c3ncc4[nH]c(=O)n(C5CCCc6occc65)c4n3)c2c1. The molecule has 1 aromatic carbocycles. The lowest BCUT2D eigenvalue weighted by atomic mass is 9.93. The zero-order valence-electron chi connectivity index (χ0n) is 15.7. The number of hydrogen-bond donors (Lipinski definition) is 1. The molecule has 0 fully saturated rings. The third-order valence-corrected chi connectivity index (χ3v) is 5.65. The van der Waals surface area contributed by atoms with E-state index in [9.17, 15) is 4.79 Å². The van der Waals surface area contributed by atoms with Crippen LogP contribution < -0.4 is 5.69 Å². The van der Waals surface area contributed by atoms with Crippen molar-refractivity contribution in [1.29, 1.82) is 0 Å². The van der Waals surface area contributed by atoms with Crippen LogP contribution in [0.3, 0.4) is 0 Å². The standard InChI is InChI=1S/C21H15N7O2/c1-22-12-5-6-14-17(9-12)27(11-24-14)20-23-10-15-19(26-20)28(21(29)25-15)16-3-2-4-18-13(16)7-8-30-18/h5-11,16H,2-4H2,(H,25,29). The summed E-state index contributed by atoms with van der Waals surface area (Å²) >= 11 is 0. The van der Waals surface area contributed by atoms with Crippen molar-refractivity contribution in [3.8, 4) is 5.95 Å². The van der Waals surface area contributed by atoms with Crippen molar-refractivity contribution in [2.75, 3.05) is 0 Å². The first kappa shape index (κ1) is 16.7. The van der Waals surface area contributed by atoms with Gasteiger partial charge in [0.1, 0.15) is 17.6 Å². The number of fused-ring (bicyclic) bond motifs is 3. The number of H-pyrrole nitrogens is 1. The summed E-state index contributed by atoms with van der Waals surface area (Å²) in [4.78, 5) is 32.7. The van der Waals surface area contributed by atoms with Gasteiger partial charge >= 0.3 is 5.69 Å². The molecule has 1 aliphatic rings. The number of nitrogens with one attached hydrogen (secondary N) is 1. The van der Waals surface area contributed by atoms with E-state index in [-0.39, 0.29) is 11.7 Å². The molecular formula is C21H15N7O2. The Morgan fingerprint density at radius 1 is 1.27 bits per heavy atom. The first-order valence-electron chi connectivity index (χ1n) is 9.61. The van der Waals surface area contributed by atoms with Crippen molar-refractivity contribution in [2.24, 2.45) is 0 Å². The van der Waals surface area contributed by atoms with Crippen molar-refractivity contribution in [2.45, 2.75) is 25.3 Å². The van der Waals surface area contributed by atoms with E-state index in [2.05, 4.69) is 19.8 Å². The number of nitrogens with zero attached hydrogens (tertiary/aromatic N) is 6. The third-order valence-electron chi connectivity index (χ3n) is 5.65. The van der Waals surface area contributed by atoms with Crippen LogP contribution in [0.25, 0.3) is 33.0 Å². The van der Waals surface area contributed by atoms with Crippen LogP contribution in [0.15, 0.2) is 52.3 Å². The molecule has 0 aliphatic heterocycles. The number of aryl methyl sites for hydroxylation is 1. The molecule has 4 aromatic heterocycles. The molecule has 0 radical (unpaired) electrons. The second-order valence-electron chi connectivity index (χ2n) is 7.31. The van der Waals surface area contributed by atoms with Crippen LogP contribution in [0.2, 0.25) is 0 Å². The van der Waals surface area contributed by atoms with Crippen LogP contribution in [-0.2, 0) is 6.42 Å². The van der Waals surface area contributed by atoms with Crippen molar-refractivity contribution >= 4 is 27.9 Å². The summed E-state index contributed by atoms with van der Waals surface area (Å²) in [5, 5.41) is 0. The molecule has 1 unspecified atom stereocenters. The van der Waals surface area contributed by atoms with E-state index in [0.29, 0.717) is 22.8 Å². The normalized spacial score (nSPS) is 16.0. The van der Waals surface area contributed by atoms with Crippen molar-refractivity contribution < 1.29 is 4.42 Å². The Bertz CT molecular complexity index is 1530. The van der Waals surface area contributed by atoms with Gasteiger partial charge in [0, 0.05) is 12.0 Å². The average molecular weight is 397 g/mol. The highest BCUT2D eigenvalue weighted by Crippen LogP contribution is 2.34. The highest BCUT2D eigenvalue weighted by molar-refractivity contribution is 5.81. The maximum absolute atomic E-state index is 12.8. The summed E-state index contributed by atoms with van der Waals surface area (Å²) in [6.07, 6.45) is 7.56. The van der Waals surface area contributed by atoms with Gasteiger partial charge in [0.25, 0.3) is 0 Å². The number of benzene rings is 1. The van der Waals surface area contributed by atoms with E-state index < -0.39 is 0 Å². The maximum Gasteiger partial charge on any atom is 0.328 e. The van der Waals surface area contributed by atoms with Gasteiger partial charge in [-0.05, 0) is 31.0 Å². The third kappa shape index (κ3) is 2.34. The smallest absolute Gasteiger partial charge is 0.328 e. The lowest BCUT2D eigenvalue weighted by Gasteiger charge is -2.22. The maximum atomic E-state index is 12.8. The lowest BCUT2D eigenvalue weighted by Crippen LogP contribution is -2.26. The van der Waals surface area contributed by atoms with Gasteiger partial charge in [0.05, 0.1) is 36.1 Å². The molecule has 1 atom stereocenters. The first-order valence-corrected chi connectivity index (χ1v) is 9.61. The van der Waals surface area contributed by atoms with Gasteiger partial charge in [-0.3, -0.25) is 9.13 Å². The average Bonchev–Trinajstić information content (AvgIpc) is 3.48. The summed E-state index contributed by atoms with van der Waals surface area (Å²) in [6.45, 7) is 7.26. The largest absolute Gasteiger partial charge is 0.469 e. The Morgan fingerprint density at radius 2 is 2.20 bits per heavy atom. The highest BCUT2D eigenvalue weighted by atomic mass is 16.3. The summed E-state index contributed by atoms with van der Waals surface area (Å²) in [5.74, 6) is 1.32. The van der Waals surface area contributed by atoms with Gasteiger partial charge in [-0.25, -0.2) is 19.6 Å². The van der Waals surface area contributed by atoms with E-state index in [0.717, 1.165) is 41.6 Å². The van der Waals surface area contributed by atoms with E-state index in [1.807, 2.05) is 6.07 Å². The number of aromatic amines is 1. The molecule has 0 amide bonds. The minimum Gasteiger partial charge on any atom is -0.469 e. The molecule has 4 heterocycles. The predicted octanol–water partition coefficient (Wildman–Crippen LogP) is 3.53. The zero-order valence-corrected chi connectivity index (χ0v) is 15.7. The molecule has 1 aliphatic carbocycles. The molecule has 0 spiro atoms. The zero-order chi connectivity index (χ0) is 20.2. The Labute approximate surface area is 169 Å². The Morgan fingerprint density at radius 3 is 3.10 bits per heavy atom. The monoisotopic (exact) mass is 397 g/mol. The quantitative estimate of drug-likeness (QED) is 0.460. The first-order chi connectivity index (χ1) is 14.7. The summed E-state index contributed by atoms with van der Waals surface area (Å²) in [7, 11) is 0. The van der Waals surface area contributed by atoms with Crippen LogP contribution in [0.5, 0.6) is 0 Å². The Kier molecular flexibility index (Phi) is 3.43. The molecular weight excluding hydrogens is 382 g/mol. The van der Waals surface area contributed by atoms with Crippen molar-refractivity contribution in [3.63, 3.8) is 0 Å². The fourth-order valence-corrected chi connectivity index (χ4v) is 4.27. The molecule has 0 saturated heterocycles. The van der Waals surface area contributed by atoms with Crippen molar-refractivity contribution in [1.82, 2.24) is 29.1 Å². The molecule has 9 nitrogen and oxygen atoms in total. The second-order valence-corrected chi connectivity index (χ2v) is 7.31. The fraction of sp³-hybridized carbons (Fsp3) is 0.190. The van der Waals surface area contributed by atoms with Gasteiger partial charge in [-0.2, -0.15) is 4.98 Å². The highest BCUT2D eigenvalue weighted by Gasteiger charge is 2.27. The van der Waals surface area contributed by atoms with E-state index in [4.69, 9.17) is 16.0 Å². The van der Waals surface area contributed by atoms with Gasteiger partial charge < -0.3 is 9.40 Å². The molecule has 5 aromatic rings. The number of hydrogen-bond acceptors (Lipinski definition) is 5. The number of rotatable bonds is 2. The van der Waals surface area contributed by atoms with Gasteiger partial charge in [0.2, 0.25) is 5.95 Å². The van der Waals surface area contributed by atoms with Crippen LogP contribution in [-0.4, -0.2) is 29.1 Å². The minimum absolute atomic E-state index is 0.134. The van der Waals surface area contributed by atoms with Crippen molar-refractivity contribution in [3.05, 3.63) is 76.3 Å².